The second-order valence-corrected chi connectivity index (χ2v) is 4.62. The van der Waals surface area contributed by atoms with Crippen molar-refractivity contribution in [2.24, 2.45) is 5.92 Å². The summed E-state index contributed by atoms with van der Waals surface area (Å²) in [5, 5.41) is 5.59. The number of carbonyl (C=O) groups excluding carboxylic acids is 1. The summed E-state index contributed by atoms with van der Waals surface area (Å²) in [6.45, 7) is 2.87. The lowest BCUT2D eigenvalue weighted by atomic mass is 10.1. The molecule has 0 fully saturated rings. The Morgan fingerprint density at radius 3 is 2.36 bits per heavy atom. The fourth-order valence-electron chi connectivity index (χ4n) is 1.66. The van der Waals surface area contributed by atoms with E-state index in [1.165, 1.54) is 12.1 Å². The number of carbonyl (C=O) groups is 1. The number of hydrogen-bond donors (Lipinski definition) is 2. The molecule has 0 bridgehead atoms. The summed E-state index contributed by atoms with van der Waals surface area (Å²) in [6.07, 6.45) is -4.35. The lowest BCUT2D eigenvalue weighted by Gasteiger charge is -2.12. The Hall–Kier alpha value is -1.47. The van der Waals surface area contributed by atoms with E-state index in [1.807, 2.05) is 0 Å². The van der Waals surface area contributed by atoms with Crippen molar-refractivity contribution in [1.82, 2.24) is 10.6 Å². The van der Waals surface area contributed by atoms with E-state index in [2.05, 4.69) is 10.6 Å². The Morgan fingerprint density at radius 2 is 1.86 bits per heavy atom. The number of rotatable bonds is 7. The Labute approximate surface area is 133 Å². The molecule has 1 rings (SSSR count). The fraction of sp³-hybridized carbons (Fsp3) is 0.500. The number of amides is 1. The van der Waals surface area contributed by atoms with E-state index in [1.54, 1.807) is 14.0 Å². The van der Waals surface area contributed by atoms with Crippen LogP contribution in [-0.4, -0.2) is 32.7 Å². The van der Waals surface area contributed by atoms with Crippen molar-refractivity contribution in [3.8, 4) is 5.75 Å². The molecule has 1 amide bonds. The van der Waals surface area contributed by atoms with E-state index in [4.69, 9.17) is 4.74 Å². The SMILES string of the molecule is CNCC(C)C(=O)NCCOc1ccc(C(F)(F)F)cc1.Cl. The topological polar surface area (TPSA) is 50.4 Å². The fourth-order valence-corrected chi connectivity index (χ4v) is 1.66. The van der Waals surface area contributed by atoms with Gasteiger partial charge >= 0.3 is 6.18 Å². The molecule has 4 nitrogen and oxygen atoms in total. The lowest BCUT2D eigenvalue weighted by Crippen LogP contribution is -2.36. The largest absolute Gasteiger partial charge is 0.492 e. The molecule has 1 aromatic rings. The molecular weight excluding hydrogens is 321 g/mol. The third-order valence-electron chi connectivity index (χ3n) is 2.81. The third-order valence-corrected chi connectivity index (χ3v) is 2.81. The first-order valence-electron chi connectivity index (χ1n) is 6.57. The van der Waals surface area contributed by atoms with Gasteiger partial charge < -0.3 is 15.4 Å². The zero-order valence-corrected chi connectivity index (χ0v) is 13.2. The van der Waals surface area contributed by atoms with Gasteiger partial charge in [-0.25, -0.2) is 0 Å². The van der Waals surface area contributed by atoms with Crippen LogP contribution in [0.25, 0.3) is 0 Å². The first-order chi connectivity index (χ1) is 9.84. The summed E-state index contributed by atoms with van der Waals surface area (Å²) in [6, 6.07) is 4.44. The summed E-state index contributed by atoms with van der Waals surface area (Å²) in [4.78, 5) is 11.6. The van der Waals surface area contributed by atoms with Crippen LogP contribution in [0.3, 0.4) is 0 Å². The van der Waals surface area contributed by atoms with Gasteiger partial charge in [0, 0.05) is 12.5 Å². The predicted molar refractivity (Wildman–Crippen MR) is 80.3 cm³/mol. The van der Waals surface area contributed by atoms with E-state index in [0.29, 0.717) is 18.8 Å². The highest BCUT2D eigenvalue weighted by molar-refractivity contribution is 5.85. The van der Waals surface area contributed by atoms with Crippen LogP contribution in [-0.2, 0) is 11.0 Å². The minimum atomic E-state index is -4.35. The summed E-state index contributed by atoms with van der Waals surface area (Å²) >= 11 is 0. The van der Waals surface area contributed by atoms with Gasteiger partial charge in [-0.3, -0.25) is 4.79 Å². The molecular formula is C14H20ClF3N2O2. The van der Waals surface area contributed by atoms with Gasteiger partial charge in [0.2, 0.25) is 5.91 Å². The maximum atomic E-state index is 12.4. The Balaban J connectivity index is 0.00000441. The molecule has 0 radical (unpaired) electrons. The third kappa shape index (κ3) is 7.00. The highest BCUT2D eigenvalue weighted by Gasteiger charge is 2.29. The highest BCUT2D eigenvalue weighted by Crippen LogP contribution is 2.30. The average molecular weight is 341 g/mol. The molecule has 0 saturated heterocycles. The molecule has 1 atom stereocenters. The monoisotopic (exact) mass is 340 g/mol. The highest BCUT2D eigenvalue weighted by atomic mass is 35.5. The molecule has 22 heavy (non-hydrogen) atoms. The minimum absolute atomic E-state index is 0. The quantitative estimate of drug-likeness (QED) is 0.750. The van der Waals surface area contributed by atoms with Crippen molar-refractivity contribution in [1.29, 1.82) is 0 Å². The number of nitrogens with one attached hydrogen (secondary N) is 2. The minimum Gasteiger partial charge on any atom is -0.492 e. The van der Waals surface area contributed by atoms with Gasteiger partial charge in [-0.1, -0.05) is 6.92 Å². The molecule has 0 aliphatic rings. The molecule has 8 heteroatoms. The Morgan fingerprint density at radius 1 is 1.27 bits per heavy atom. The van der Waals surface area contributed by atoms with Crippen LogP contribution < -0.4 is 15.4 Å². The van der Waals surface area contributed by atoms with Crippen molar-refractivity contribution >= 4 is 18.3 Å². The van der Waals surface area contributed by atoms with Crippen LogP contribution in [0.5, 0.6) is 5.75 Å². The van der Waals surface area contributed by atoms with Crippen molar-refractivity contribution in [3.05, 3.63) is 29.8 Å². The van der Waals surface area contributed by atoms with Gasteiger partial charge in [-0.2, -0.15) is 13.2 Å². The molecule has 0 aliphatic heterocycles. The Bertz CT molecular complexity index is 452. The van der Waals surface area contributed by atoms with Crippen LogP contribution in [0.1, 0.15) is 12.5 Å². The summed E-state index contributed by atoms with van der Waals surface area (Å²) < 4.78 is 42.3. The van der Waals surface area contributed by atoms with E-state index in [-0.39, 0.29) is 30.8 Å². The van der Waals surface area contributed by atoms with Crippen LogP contribution in [0, 0.1) is 5.92 Å². The summed E-state index contributed by atoms with van der Waals surface area (Å²) in [5.41, 5.74) is -0.718. The maximum absolute atomic E-state index is 12.4. The van der Waals surface area contributed by atoms with Crippen molar-refractivity contribution in [2.75, 3.05) is 26.7 Å². The molecule has 0 saturated carbocycles. The molecule has 0 heterocycles. The summed E-state index contributed by atoms with van der Waals surface area (Å²) in [7, 11) is 1.76. The molecule has 0 aromatic heterocycles. The van der Waals surface area contributed by atoms with Crippen molar-refractivity contribution in [3.63, 3.8) is 0 Å². The van der Waals surface area contributed by atoms with Crippen LogP contribution in [0.15, 0.2) is 24.3 Å². The van der Waals surface area contributed by atoms with Gasteiger partial charge in [0.05, 0.1) is 12.1 Å². The molecule has 0 spiro atoms. The van der Waals surface area contributed by atoms with Crippen LogP contribution in [0.2, 0.25) is 0 Å². The number of alkyl halides is 3. The Kier molecular flexibility index (Phi) is 8.89. The van der Waals surface area contributed by atoms with Crippen molar-refractivity contribution in [2.45, 2.75) is 13.1 Å². The van der Waals surface area contributed by atoms with Gasteiger partial charge in [0.25, 0.3) is 0 Å². The second-order valence-electron chi connectivity index (χ2n) is 4.62. The normalized spacial score (nSPS) is 12.2. The van der Waals surface area contributed by atoms with Crippen molar-refractivity contribution < 1.29 is 22.7 Å². The maximum Gasteiger partial charge on any atom is 0.416 e. The summed E-state index contributed by atoms with van der Waals surface area (Å²) in [5.74, 6) is 0.0851. The standard InChI is InChI=1S/C14H19F3N2O2.ClH/c1-10(9-18-2)13(20)19-7-8-21-12-5-3-11(4-6-12)14(15,16)17;/h3-6,10,18H,7-9H2,1-2H3,(H,19,20);1H. The second kappa shape index (κ2) is 9.53. The van der Waals surface area contributed by atoms with Gasteiger partial charge in [-0.15, -0.1) is 12.4 Å². The van der Waals surface area contributed by atoms with E-state index < -0.39 is 11.7 Å². The smallest absolute Gasteiger partial charge is 0.416 e. The van der Waals surface area contributed by atoms with Gasteiger partial charge in [0.15, 0.2) is 0 Å². The zero-order chi connectivity index (χ0) is 15.9. The molecule has 1 aromatic carbocycles. The number of benzene rings is 1. The molecule has 126 valence electrons. The predicted octanol–water partition coefficient (Wildman–Crippen LogP) is 2.48. The number of hydrogen-bond acceptors (Lipinski definition) is 3. The lowest BCUT2D eigenvalue weighted by molar-refractivity contribution is -0.137. The van der Waals surface area contributed by atoms with Gasteiger partial charge in [0.1, 0.15) is 12.4 Å². The number of ether oxygens (including phenoxy) is 1. The van der Waals surface area contributed by atoms with Gasteiger partial charge in [-0.05, 0) is 31.3 Å². The number of halogens is 4. The van der Waals surface area contributed by atoms with E-state index in [9.17, 15) is 18.0 Å². The first kappa shape index (κ1) is 20.5. The first-order valence-corrected chi connectivity index (χ1v) is 6.57. The molecule has 0 aliphatic carbocycles. The molecule has 1 unspecified atom stereocenters. The average Bonchev–Trinajstić information content (AvgIpc) is 2.43. The van der Waals surface area contributed by atoms with E-state index >= 15 is 0 Å². The molecule has 2 N–H and O–H groups in total. The van der Waals surface area contributed by atoms with E-state index in [0.717, 1.165) is 12.1 Å². The van der Waals surface area contributed by atoms with Crippen LogP contribution >= 0.6 is 12.4 Å². The zero-order valence-electron chi connectivity index (χ0n) is 12.4. The van der Waals surface area contributed by atoms with Crippen LogP contribution in [0.4, 0.5) is 13.2 Å².